The third kappa shape index (κ3) is 3.30. The normalized spacial score (nSPS) is 11.0. The van der Waals surface area contributed by atoms with Crippen LogP contribution in [0.1, 0.15) is 27.0 Å². The van der Waals surface area contributed by atoms with E-state index in [1.165, 1.54) is 11.3 Å². The zero-order valence-electron chi connectivity index (χ0n) is 9.56. The van der Waals surface area contributed by atoms with E-state index in [9.17, 15) is 4.79 Å². The quantitative estimate of drug-likeness (QED) is 0.796. The number of hydrogen-bond acceptors (Lipinski definition) is 4. The molecule has 0 saturated carbocycles. The lowest BCUT2D eigenvalue weighted by molar-refractivity contribution is 0.0702. The van der Waals surface area contributed by atoms with Crippen molar-refractivity contribution in [1.29, 1.82) is 0 Å². The average Bonchev–Trinajstić information content (AvgIpc) is 2.60. The Balaban J connectivity index is 2.75. The molecule has 0 saturated heterocycles. The van der Waals surface area contributed by atoms with E-state index < -0.39 is 5.97 Å². The summed E-state index contributed by atoms with van der Waals surface area (Å²) in [5, 5.41) is 17.7. The molecule has 1 rings (SSSR count). The maximum absolute atomic E-state index is 10.8. The molecule has 4 nitrogen and oxygen atoms in total. The van der Waals surface area contributed by atoms with Gasteiger partial charge in [-0.25, -0.2) is 4.79 Å². The first kappa shape index (κ1) is 13.2. The van der Waals surface area contributed by atoms with Gasteiger partial charge in [-0.1, -0.05) is 6.92 Å². The Morgan fingerprint density at radius 3 is 2.69 bits per heavy atom. The van der Waals surface area contributed by atoms with Crippen molar-refractivity contribution in [2.45, 2.75) is 20.4 Å². The summed E-state index contributed by atoms with van der Waals surface area (Å²) in [5.41, 5.74) is 1.04. The van der Waals surface area contributed by atoms with Crippen LogP contribution < -0.4 is 0 Å². The molecule has 1 heterocycles. The number of aliphatic hydroxyl groups excluding tert-OH is 1. The van der Waals surface area contributed by atoms with Crippen LogP contribution in [0.5, 0.6) is 0 Å². The number of thiophene rings is 1. The number of likely N-dealkylation sites (N-methyl/N-ethyl adjacent to an activating group) is 1. The Kier molecular flexibility index (Phi) is 4.92. The molecule has 5 heteroatoms. The van der Waals surface area contributed by atoms with Crippen molar-refractivity contribution in [2.24, 2.45) is 0 Å². The minimum atomic E-state index is -0.871. The molecule has 0 amide bonds. The Morgan fingerprint density at radius 2 is 2.25 bits per heavy atom. The number of aromatic carboxylic acids is 1. The second-order valence-corrected chi connectivity index (χ2v) is 4.85. The van der Waals surface area contributed by atoms with E-state index >= 15 is 0 Å². The molecular formula is C11H17NO3S. The molecule has 1 aromatic rings. The number of carbonyl (C=O) groups is 1. The monoisotopic (exact) mass is 243 g/mol. The average molecular weight is 243 g/mol. The van der Waals surface area contributed by atoms with Gasteiger partial charge in [0.2, 0.25) is 0 Å². The van der Waals surface area contributed by atoms with Crippen molar-refractivity contribution in [2.75, 3.05) is 19.7 Å². The lowest BCUT2D eigenvalue weighted by atomic mass is 10.2. The van der Waals surface area contributed by atoms with Crippen LogP contribution in [0, 0.1) is 6.92 Å². The second kappa shape index (κ2) is 5.98. The summed E-state index contributed by atoms with van der Waals surface area (Å²) in [7, 11) is 0. The van der Waals surface area contributed by atoms with Gasteiger partial charge in [0.05, 0.1) is 6.61 Å². The molecule has 2 N–H and O–H groups in total. The van der Waals surface area contributed by atoms with E-state index in [0.717, 1.165) is 17.0 Å². The Bertz CT molecular complexity index is 362. The molecule has 0 radical (unpaired) electrons. The van der Waals surface area contributed by atoms with Crippen molar-refractivity contribution >= 4 is 17.3 Å². The highest BCUT2D eigenvalue weighted by molar-refractivity contribution is 7.14. The SMILES string of the molecule is CCN(CCO)Cc1cc(C(=O)O)sc1C. The van der Waals surface area contributed by atoms with Gasteiger partial charge in [0.1, 0.15) is 4.88 Å². The van der Waals surface area contributed by atoms with Gasteiger partial charge < -0.3 is 10.2 Å². The lowest BCUT2D eigenvalue weighted by Gasteiger charge is -2.18. The predicted octanol–water partition coefficient (Wildman–Crippen LogP) is 1.57. The van der Waals surface area contributed by atoms with Crippen LogP contribution in [0.15, 0.2) is 6.07 Å². The lowest BCUT2D eigenvalue weighted by Crippen LogP contribution is -2.26. The first-order chi connectivity index (χ1) is 7.58. The molecule has 0 spiro atoms. The molecule has 0 fully saturated rings. The Labute approximate surface area is 99.1 Å². The molecule has 0 aromatic carbocycles. The maximum Gasteiger partial charge on any atom is 0.345 e. The van der Waals surface area contributed by atoms with E-state index in [-0.39, 0.29) is 6.61 Å². The highest BCUT2D eigenvalue weighted by Gasteiger charge is 2.12. The predicted molar refractivity (Wildman–Crippen MR) is 64.1 cm³/mol. The highest BCUT2D eigenvalue weighted by Crippen LogP contribution is 2.22. The summed E-state index contributed by atoms with van der Waals surface area (Å²) in [4.78, 5) is 14.3. The maximum atomic E-state index is 10.8. The molecule has 16 heavy (non-hydrogen) atoms. The van der Waals surface area contributed by atoms with E-state index in [1.54, 1.807) is 6.07 Å². The fourth-order valence-electron chi connectivity index (χ4n) is 1.51. The minimum absolute atomic E-state index is 0.128. The largest absolute Gasteiger partial charge is 0.477 e. The van der Waals surface area contributed by atoms with Gasteiger partial charge in [-0.2, -0.15) is 0 Å². The van der Waals surface area contributed by atoms with Gasteiger partial charge in [-0.3, -0.25) is 4.90 Å². The molecule has 90 valence electrons. The fraction of sp³-hybridized carbons (Fsp3) is 0.545. The number of carboxylic acid groups (broad SMARTS) is 1. The molecule has 0 aliphatic rings. The van der Waals surface area contributed by atoms with Gasteiger partial charge in [0, 0.05) is 18.0 Å². The topological polar surface area (TPSA) is 60.8 Å². The molecular weight excluding hydrogens is 226 g/mol. The number of carboxylic acids is 1. The van der Waals surface area contributed by atoms with E-state index in [1.807, 2.05) is 13.8 Å². The molecule has 0 atom stereocenters. The van der Waals surface area contributed by atoms with Crippen molar-refractivity contribution in [1.82, 2.24) is 4.90 Å². The zero-order valence-corrected chi connectivity index (χ0v) is 10.4. The molecule has 1 aromatic heterocycles. The van der Waals surface area contributed by atoms with Crippen LogP contribution in [0.3, 0.4) is 0 Å². The second-order valence-electron chi connectivity index (χ2n) is 3.59. The number of rotatable bonds is 6. The summed E-state index contributed by atoms with van der Waals surface area (Å²) in [6, 6.07) is 1.72. The molecule has 0 aliphatic heterocycles. The third-order valence-corrected chi connectivity index (χ3v) is 3.57. The molecule has 0 aliphatic carbocycles. The first-order valence-electron chi connectivity index (χ1n) is 5.24. The van der Waals surface area contributed by atoms with Crippen LogP contribution in [-0.2, 0) is 6.54 Å². The van der Waals surface area contributed by atoms with Gasteiger partial charge in [0.15, 0.2) is 0 Å². The van der Waals surface area contributed by atoms with E-state index in [0.29, 0.717) is 18.0 Å². The summed E-state index contributed by atoms with van der Waals surface area (Å²) in [6.45, 7) is 6.25. The van der Waals surface area contributed by atoms with Crippen LogP contribution in [0.2, 0.25) is 0 Å². The fourth-order valence-corrected chi connectivity index (χ4v) is 2.39. The smallest absolute Gasteiger partial charge is 0.345 e. The number of aliphatic hydroxyl groups is 1. The van der Waals surface area contributed by atoms with Crippen LogP contribution in [0.4, 0.5) is 0 Å². The summed E-state index contributed by atoms with van der Waals surface area (Å²) < 4.78 is 0. The molecule has 0 bridgehead atoms. The van der Waals surface area contributed by atoms with Crippen LogP contribution >= 0.6 is 11.3 Å². The summed E-state index contributed by atoms with van der Waals surface area (Å²) in [5.74, 6) is -0.871. The van der Waals surface area contributed by atoms with Crippen molar-refractivity contribution in [3.63, 3.8) is 0 Å². The molecule has 0 unspecified atom stereocenters. The zero-order chi connectivity index (χ0) is 12.1. The first-order valence-corrected chi connectivity index (χ1v) is 6.06. The number of nitrogens with zero attached hydrogens (tertiary/aromatic N) is 1. The minimum Gasteiger partial charge on any atom is -0.477 e. The number of hydrogen-bond donors (Lipinski definition) is 2. The standard InChI is InChI=1S/C11H17NO3S/c1-3-12(4-5-13)7-9-6-10(11(14)15)16-8(9)2/h6,13H,3-5,7H2,1-2H3,(H,14,15). The van der Waals surface area contributed by atoms with Crippen molar-refractivity contribution in [3.8, 4) is 0 Å². The highest BCUT2D eigenvalue weighted by atomic mass is 32.1. The van der Waals surface area contributed by atoms with E-state index in [2.05, 4.69) is 4.90 Å². The Morgan fingerprint density at radius 1 is 1.56 bits per heavy atom. The van der Waals surface area contributed by atoms with Gasteiger partial charge >= 0.3 is 5.97 Å². The van der Waals surface area contributed by atoms with Crippen molar-refractivity contribution in [3.05, 3.63) is 21.4 Å². The van der Waals surface area contributed by atoms with Gasteiger partial charge in [0.25, 0.3) is 0 Å². The Hall–Kier alpha value is -0.910. The van der Waals surface area contributed by atoms with E-state index in [4.69, 9.17) is 10.2 Å². The number of aryl methyl sites for hydroxylation is 1. The van der Waals surface area contributed by atoms with Gasteiger partial charge in [-0.05, 0) is 25.1 Å². The van der Waals surface area contributed by atoms with Crippen LogP contribution in [-0.4, -0.2) is 40.8 Å². The summed E-state index contributed by atoms with van der Waals surface area (Å²) in [6.07, 6.45) is 0. The third-order valence-electron chi connectivity index (χ3n) is 2.49. The van der Waals surface area contributed by atoms with Crippen molar-refractivity contribution < 1.29 is 15.0 Å². The summed E-state index contributed by atoms with van der Waals surface area (Å²) >= 11 is 1.30. The van der Waals surface area contributed by atoms with Crippen LogP contribution in [0.25, 0.3) is 0 Å². The van der Waals surface area contributed by atoms with Gasteiger partial charge in [-0.15, -0.1) is 11.3 Å².